The fourth-order valence-electron chi connectivity index (χ4n) is 2.87. The van der Waals surface area contributed by atoms with Crippen molar-refractivity contribution in [3.05, 3.63) is 76.0 Å². The number of carbonyl (C=O) groups excluding carboxylic acids is 1. The Balaban J connectivity index is 1.95. The van der Waals surface area contributed by atoms with E-state index in [-0.39, 0.29) is 23.5 Å². The first-order valence-corrected chi connectivity index (χ1v) is 8.36. The highest BCUT2D eigenvalue weighted by Crippen LogP contribution is 2.24. The van der Waals surface area contributed by atoms with Crippen LogP contribution in [0.3, 0.4) is 0 Å². The van der Waals surface area contributed by atoms with Gasteiger partial charge in [-0.1, -0.05) is 24.3 Å². The van der Waals surface area contributed by atoms with E-state index in [0.29, 0.717) is 16.5 Å². The van der Waals surface area contributed by atoms with Gasteiger partial charge in [-0.05, 0) is 18.2 Å². The summed E-state index contributed by atoms with van der Waals surface area (Å²) in [4.78, 5) is 33.8. The monoisotopic (exact) mass is 390 g/mol. The first kappa shape index (κ1) is 19.3. The zero-order valence-corrected chi connectivity index (χ0v) is 14.9. The van der Waals surface area contributed by atoms with Crippen LogP contribution in [0, 0.1) is 21.4 Å². The summed E-state index contributed by atoms with van der Waals surface area (Å²) in [6, 6.07) is 14.2. The highest BCUT2D eigenvalue weighted by Gasteiger charge is 2.15. The number of anilines is 1. The number of hydrogen-bond acceptors (Lipinski definition) is 5. The largest absolute Gasteiger partial charge is 0.480 e. The van der Waals surface area contributed by atoms with Gasteiger partial charge in [0.1, 0.15) is 18.2 Å². The molecule has 3 rings (SSSR count). The second-order valence-electron chi connectivity index (χ2n) is 6.05. The molecule has 2 aromatic carbocycles. The molecule has 144 valence electrons. The number of carbonyl (C=O) groups is 2. The first-order valence-electron chi connectivity index (χ1n) is 8.36. The Kier molecular flexibility index (Phi) is 5.37. The minimum absolute atomic E-state index is 0.179. The van der Waals surface area contributed by atoms with Crippen molar-refractivity contribution >= 4 is 40.2 Å². The van der Waals surface area contributed by atoms with Crippen LogP contribution in [0.5, 0.6) is 0 Å². The number of carboxylic acid groups (broad SMARTS) is 1. The molecule has 29 heavy (non-hydrogen) atoms. The molecule has 0 spiro atoms. The number of nitrogens with one attached hydrogen (secondary N) is 1. The van der Waals surface area contributed by atoms with Crippen LogP contribution < -0.4 is 5.32 Å². The molecule has 0 bridgehead atoms. The van der Waals surface area contributed by atoms with Gasteiger partial charge in [0, 0.05) is 40.5 Å². The first-order chi connectivity index (χ1) is 13.9. The number of non-ortho nitro benzene ring substituents is 1. The van der Waals surface area contributed by atoms with Crippen molar-refractivity contribution in [1.82, 2.24) is 4.57 Å². The summed E-state index contributed by atoms with van der Waals surface area (Å²) in [7, 11) is 0. The Morgan fingerprint density at radius 2 is 2.00 bits per heavy atom. The molecule has 1 amide bonds. The Bertz CT molecular complexity index is 1200. The molecule has 1 aromatic heterocycles. The van der Waals surface area contributed by atoms with Gasteiger partial charge in [0.05, 0.1) is 4.92 Å². The van der Waals surface area contributed by atoms with Gasteiger partial charge in [0.15, 0.2) is 0 Å². The summed E-state index contributed by atoms with van der Waals surface area (Å²) in [5, 5.41) is 32.5. The second-order valence-corrected chi connectivity index (χ2v) is 6.05. The van der Waals surface area contributed by atoms with Gasteiger partial charge in [-0.3, -0.25) is 19.7 Å². The molecule has 0 radical (unpaired) electrons. The van der Waals surface area contributed by atoms with Crippen LogP contribution in [0.2, 0.25) is 0 Å². The fourth-order valence-corrected chi connectivity index (χ4v) is 2.87. The van der Waals surface area contributed by atoms with Gasteiger partial charge < -0.3 is 15.0 Å². The zero-order chi connectivity index (χ0) is 21.0. The molecular weight excluding hydrogens is 376 g/mol. The summed E-state index contributed by atoms with van der Waals surface area (Å²) in [6.07, 6.45) is 2.91. The Labute approximate surface area is 164 Å². The second kappa shape index (κ2) is 8.06. The van der Waals surface area contributed by atoms with Gasteiger partial charge in [-0.15, -0.1) is 0 Å². The predicted molar refractivity (Wildman–Crippen MR) is 105 cm³/mol. The molecule has 9 nitrogen and oxygen atoms in total. The zero-order valence-electron chi connectivity index (χ0n) is 14.9. The third kappa shape index (κ3) is 4.28. The average molecular weight is 390 g/mol. The number of benzene rings is 2. The number of nitrogens with zero attached hydrogens (tertiary/aromatic N) is 3. The van der Waals surface area contributed by atoms with Gasteiger partial charge in [-0.25, -0.2) is 0 Å². The molecule has 0 saturated heterocycles. The van der Waals surface area contributed by atoms with E-state index in [2.05, 4.69) is 5.32 Å². The van der Waals surface area contributed by atoms with Crippen LogP contribution in [0.15, 0.2) is 60.3 Å². The topological polar surface area (TPSA) is 138 Å². The van der Waals surface area contributed by atoms with Gasteiger partial charge in [0.2, 0.25) is 0 Å². The van der Waals surface area contributed by atoms with Crippen molar-refractivity contribution in [3.8, 4) is 6.07 Å². The molecule has 0 aliphatic rings. The van der Waals surface area contributed by atoms with Crippen LogP contribution >= 0.6 is 0 Å². The quantitative estimate of drug-likeness (QED) is 0.287. The van der Waals surface area contributed by atoms with Crippen molar-refractivity contribution in [3.63, 3.8) is 0 Å². The molecule has 9 heteroatoms. The minimum Gasteiger partial charge on any atom is -0.480 e. The van der Waals surface area contributed by atoms with Crippen molar-refractivity contribution in [2.24, 2.45) is 0 Å². The van der Waals surface area contributed by atoms with Crippen molar-refractivity contribution < 1.29 is 19.6 Å². The number of aliphatic carboxylic acids is 1. The SMILES string of the molecule is N#C/C(=C\c1cn(CC(=O)O)c2ccccc12)C(=O)Nc1cccc([N+](=O)[O-])c1. The van der Waals surface area contributed by atoms with E-state index < -0.39 is 16.8 Å². The minimum atomic E-state index is -1.02. The Hall–Kier alpha value is -4.45. The van der Waals surface area contributed by atoms with Crippen LogP contribution in [-0.4, -0.2) is 26.5 Å². The fraction of sp³-hybridized carbons (Fsp3) is 0.0500. The van der Waals surface area contributed by atoms with Gasteiger partial charge in [0.25, 0.3) is 11.6 Å². The van der Waals surface area contributed by atoms with Crippen LogP contribution in [-0.2, 0) is 16.1 Å². The van der Waals surface area contributed by atoms with E-state index in [1.807, 2.05) is 6.07 Å². The molecular formula is C20H14N4O5. The highest BCUT2D eigenvalue weighted by molar-refractivity contribution is 6.10. The van der Waals surface area contributed by atoms with E-state index in [9.17, 15) is 25.0 Å². The van der Waals surface area contributed by atoms with Gasteiger partial charge in [-0.2, -0.15) is 5.26 Å². The molecule has 1 heterocycles. The van der Waals surface area contributed by atoms with Crippen LogP contribution in [0.4, 0.5) is 11.4 Å². The maximum atomic E-state index is 12.5. The number of hydrogen-bond donors (Lipinski definition) is 2. The summed E-state index contributed by atoms with van der Waals surface area (Å²) >= 11 is 0. The van der Waals surface area contributed by atoms with E-state index >= 15 is 0 Å². The number of fused-ring (bicyclic) bond motifs is 1. The van der Waals surface area contributed by atoms with Crippen molar-refractivity contribution in [1.29, 1.82) is 5.26 Å². The predicted octanol–water partition coefficient (Wildman–Crippen LogP) is 3.18. The maximum absolute atomic E-state index is 12.5. The smallest absolute Gasteiger partial charge is 0.323 e. The van der Waals surface area contributed by atoms with Crippen molar-refractivity contribution in [2.45, 2.75) is 6.54 Å². The normalized spacial score (nSPS) is 11.1. The lowest BCUT2D eigenvalue weighted by Crippen LogP contribution is -2.13. The summed E-state index contributed by atoms with van der Waals surface area (Å²) in [5.74, 6) is -1.76. The summed E-state index contributed by atoms with van der Waals surface area (Å²) in [6.45, 7) is -0.268. The molecule has 0 aliphatic heterocycles. The van der Waals surface area contributed by atoms with E-state index in [1.54, 1.807) is 30.5 Å². The molecule has 0 fully saturated rings. The number of para-hydroxylation sites is 1. The lowest BCUT2D eigenvalue weighted by molar-refractivity contribution is -0.384. The molecule has 2 N–H and O–H groups in total. The van der Waals surface area contributed by atoms with Gasteiger partial charge >= 0.3 is 5.97 Å². The third-order valence-electron chi connectivity index (χ3n) is 4.10. The summed E-state index contributed by atoms with van der Waals surface area (Å²) < 4.78 is 1.51. The number of rotatable bonds is 6. The Morgan fingerprint density at radius 3 is 2.69 bits per heavy atom. The number of amides is 1. The molecule has 0 atom stereocenters. The average Bonchev–Trinajstić information content (AvgIpc) is 3.03. The van der Waals surface area contributed by atoms with E-state index in [1.165, 1.54) is 34.9 Å². The third-order valence-corrected chi connectivity index (χ3v) is 4.10. The number of aromatic nitrogens is 1. The van der Waals surface area contributed by atoms with Crippen molar-refractivity contribution in [2.75, 3.05) is 5.32 Å². The standard InChI is InChI=1S/C20H14N4O5/c21-10-13(20(27)22-15-4-3-5-16(9-15)24(28)29)8-14-11-23(12-19(25)26)18-7-2-1-6-17(14)18/h1-9,11H,12H2,(H,22,27)(H,25,26)/b13-8+. The molecule has 0 aliphatic carbocycles. The number of carboxylic acids is 1. The lowest BCUT2D eigenvalue weighted by atomic mass is 10.1. The summed E-state index contributed by atoms with van der Waals surface area (Å²) in [5.41, 5.74) is 0.917. The number of nitro benzene ring substituents is 1. The lowest BCUT2D eigenvalue weighted by Gasteiger charge is -2.04. The van der Waals surface area contributed by atoms with Crippen LogP contribution in [0.1, 0.15) is 5.56 Å². The number of nitro groups is 1. The van der Waals surface area contributed by atoms with Crippen LogP contribution in [0.25, 0.3) is 17.0 Å². The molecule has 0 saturated carbocycles. The molecule has 3 aromatic rings. The molecule has 0 unspecified atom stereocenters. The Morgan fingerprint density at radius 1 is 1.24 bits per heavy atom. The highest BCUT2D eigenvalue weighted by atomic mass is 16.6. The number of nitriles is 1. The maximum Gasteiger partial charge on any atom is 0.323 e. The van der Waals surface area contributed by atoms with E-state index in [0.717, 1.165) is 0 Å². The van der Waals surface area contributed by atoms with E-state index in [4.69, 9.17) is 5.11 Å².